The summed E-state index contributed by atoms with van der Waals surface area (Å²) in [6.07, 6.45) is -0.472. The van der Waals surface area contributed by atoms with Gasteiger partial charge in [0.05, 0.1) is 12.5 Å². The molecule has 0 saturated heterocycles. The van der Waals surface area contributed by atoms with E-state index in [-0.39, 0.29) is 17.4 Å². The number of nitrogens with one attached hydrogen (secondary N) is 2. The lowest BCUT2D eigenvalue weighted by Crippen LogP contribution is -2.36. The average molecular weight is 353 g/mol. The Balaban J connectivity index is 2.41. The van der Waals surface area contributed by atoms with Crippen LogP contribution in [0.25, 0.3) is 0 Å². The molecule has 0 fully saturated rings. The third-order valence-electron chi connectivity index (χ3n) is 3.54. The van der Waals surface area contributed by atoms with Crippen molar-refractivity contribution in [2.45, 2.75) is 32.4 Å². The van der Waals surface area contributed by atoms with Crippen LogP contribution < -0.4 is 16.6 Å². The molecule has 1 heterocycles. The number of halogens is 2. The number of hydrogen-bond acceptors (Lipinski definition) is 4. The van der Waals surface area contributed by atoms with E-state index in [1.54, 1.807) is 13.8 Å². The molecule has 2 aromatic rings. The number of aromatic amines is 1. The van der Waals surface area contributed by atoms with Gasteiger partial charge in [-0.15, -0.1) is 0 Å². The molecule has 1 aromatic carbocycles. The molecule has 1 unspecified atom stereocenters. The Hall–Kier alpha value is -2.97. The number of anilines is 1. The Kier molecular flexibility index (Phi) is 5.35. The summed E-state index contributed by atoms with van der Waals surface area (Å²) in [6.45, 7) is 3.33. The summed E-state index contributed by atoms with van der Waals surface area (Å²) in [5.74, 6) is -3.40. The van der Waals surface area contributed by atoms with Crippen molar-refractivity contribution in [3.05, 3.63) is 62.3 Å². The number of carboxylic acids is 1. The zero-order valence-corrected chi connectivity index (χ0v) is 13.5. The third kappa shape index (κ3) is 4.31. The van der Waals surface area contributed by atoms with Crippen molar-refractivity contribution in [1.82, 2.24) is 9.55 Å². The number of benzene rings is 1. The number of aliphatic carboxylic acids is 1. The van der Waals surface area contributed by atoms with Gasteiger partial charge >= 0.3 is 11.7 Å². The Morgan fingerprint density at radius 1 is 1.24 bits per heavy atom. The van der Waals surface area contributed by atoms with Crippen molar-refractivity contribution in [1.29, 1.82) is 0 Å². The molecule has 7 nitrogen and oxygen atoms in total. The lowest BCUT2D eigenvalue weighted by molar-refractivity contribution is -0.137. The number of nitrogens with zero attached hydrogens (tertiary/aromatic N) is 1. The Labute approximate surface area is 140 Å². The van der Waals surface area contributed by atoms with Crippen LogP contribution in [-0.4, -0.2) is 20.6 Å². The van der Waals surface area contributed by atoms with Crippen LogP contribution in [0.4, 0.5) is 14.6 Å². The van der Waals surface area contributed by atoms with Crippen LogP contribution in [0.15, 0.2) is 33.9 Å². The van der Waals surface area contributed by atoms with Gasteiger partial charge in [0.25, 0.3) is 5.56 Å². The molecule has 0 saturated carbocycles. The molecule has 0 bridgehead atoms. The fourth-order valence-corrected chi connectivity index (χ4v) is 2.42. The minimum atomic E-state index is -1.19. The molecule has 0 spiro atoms. The first-order valence-corrected chi connectivity index (χ1v) is 7.48. The van der Waals surface area contributed by atoms with E-state index in [2.05, 4.69) is 10.3 Å². The van der Waals surface area contributed by atoms with E-state index in [0.29, 0.717) is 0 Å². The Morgan fingerprint density at radius 2 is 1.92 bits per heavy atom. The lowest BCUT2D eigenvalue weighted by Gasteiger charge is -2.19. The molecule has 0 aliphatic heterocycles. The first-order chi connectivity index (χ1) is 11.7. The molecular formula is C16H17F2N3O4. The molecule has 1 aromatic heterocycles. The standard InChI is InChI=1S/C16H17F2N3O4/c1-8(2)21-14(22)7-13(20-16(21)25)19-12(6-15(23)24)9-3-4-10(17)11(18)5-9/h3-5,7-8,12,19H,6H2,1-2H3,(H,20,25)(H,23,24). The summed E-state index contributed by atoms with van der Waals surface area (Å²) >= 11 is 0. The highest BCUT2D eigenvalue weighted by Gasteiger charge is 2.19. The first-order valence-electron chi connectivity index (χ1n) is 7.48. The summed E-state index contributed by atoms with van der Waals surface area (Å²) in [4.78, 5) is 37.5. The van der Waals surface area contributed by atoms with Gasteiger partial charge in [0.15, 0.2) is 11.6 Å². The molecule has 2 rings (SSSR count). The third-order valence-corrected chi connectivity index (χ3v) is 3.54. The Bertz CT molecular complexity index is 874. The predicted octanol–water partition coefficient (Wildman–Crippen LogP) is 2.02. The van der Waals surface area contributed by atoms with Crippen molar-refractivity contribution < 1.29 is 18.7 Å². The van der Waals surface area contributed by atoms with Crippen molar-refractivity contribution in [2.24, 2.45) is 0 Å². The molecule has 134 valence electrons. The lowest BCUT2D eigenvalue weighted by atomic mass is 10.0. The van der Waals surface area contributed by atoms with Gasteiger partial charge in [0.1, 0.15) is 5.82 Å². The molecule has 1 atom stereocenters. The average Bonchev–Trinajstić information content (AvgIpc) is 2.47. The van der Waals surface area contributed by atoms with E-state index in [1.165, 1.54) is 6.07 Å². The minimum absolute atomic E-state index is 0.0112. The van der Waals surface area contributed by atoms with E-state index in [4.69, 9.17) is 5.11 Å². The van der Waals surface area contributed by atoms with Crippen molar-refractivity contribution in [3.8, 4) is 0 Å². The van der Waals surface area contributed by atoms with Crippen LogP contribution in [0.5, 0.6) is 0 Å². The Morgan fingerprint density at radius 3 is 2.44 bits per heavy atom. The number of rotatable bonds is 6. The van der Waals surface area contributed by atoms with Gasteiger partial charge in [0.2, 0.25) is 0 Å². The van der Waals surface area contributed by atoms with Gasteiger partial charge in [-0.2, -0.15) is 0 Å². The van der Waals surface area contributed by atoms with Crippen LogP contribution in [0, 0.1) is 11.6 Å². The number of hydrogen-bond donors (Lipinski definition) is 3. The maximum Gasteiger partial charge on any atom is 0.330 e. The first kappa shape index (κ1) is 18.4. The van der Waals surface area contributed by atoms with Crippen LogP contribution in [0.1, 0.15) is 37.9 Å². The summed E-state index contributed by atoms with van der Waals surface area (Å²) in [5.41, 5.74) is -1.07. The predicted molar refractivity (Wildman–Crippen MR) is 86.7 cm³/mol. The van der Waals surface area contributed by atoms with Crippen molar-refractivity contribution >= 4 is 11.8 Å². The van der Waals surface area contributed by atoms with Crippen LogP contribution in [-0.2, 0) is 4.79 Å². The van der Waals surface area contributed by atoms with E-state index >= 15 is 0 Å². The zero-order chi connectivity index (χ0) is 18.7. The molecule has 0 radical (unpaired) electrons. The largest absolute Gasteiger partial charge is 0.481 e. The monoisotopic (exact) mass is 353 g/mol. The number of carbonyl (C=O) groups is 1. The second-order valence-corrected chi connectivity index (χ2v) is 5.76. The zero-order valence-electron chi connectivity index (χ0n) is 13.5. The maximum atomic E-state index is 13.4. The fraction of sp³-hybridized carbons (Fsp3) is 0.312. The van der Waals surface area contributed by atoms with Crippen LogP contribution in [0.3, 0.4) is 0 Å². The molecular weight excluding hydrogens is 336 g/mol. The number of H-pyrrole nitrogens is 1. The smallest absolute Gasteiger partial charge is 0.330 e. The number of aromatic nitrogens is 2. The van der Waals surface area contributed by atoms with Gasteiger partial charge in [-0.3, -0.25) is 19.1 Å². The topological polar surface area (TPSA) is 104 Å². The molecule has 0 aliphatic carbocycles. The van der Waals surface area contributed by atoms with Gasteiger partial charge in [-0.25, -0.2) is 13.6 Å². The van der Waals surface area contributed by atoms with Crippen LogP contribution in [0.2, 0.25) is 0 Å². The van der Waals surface area contributed by atoms with E-state index in [9.17, 15) is 23.2 Å². The highest BCUT2D eigenvalue weighted by Crippen LogP contribution is 2.23. The molecule has 0 amide bonds. The molecule has 0 aliphatic rings. The summed E-state index contributed by atoms with van der Waals surface area (Å²) < 4.78 is 27.5. The minimum Gasteiger partial charge on any atom is -0.481 e. The van der Waals surface area contributed by atoms with Gasteiger partial charge in [-0.1, -0.05) is 6.07 Å². The normalized spacial score (nSPS) is 12.2. The van der Waals surface area contributed by atoms with Gasteiger partial charge in [-0.05, 0) is 31.5 Å². The van der Waals surface area contributed by atoms with Crippen molar-refractivity contribution in [2.75, 3.05) is 5.32 Å². The van der Waals surface area contributed by atoms with E-state index < -0.39 is 41.3 Å². The summed E-state index contributed by atoms with van der Waals surface area (Å²) in [7, 11) is 0. The SMILES string of the molecule is CC(C)n1c(=O)cc(NC(CC(=O)O)c2ccc(F)c(F)c2)[nH]c1=O. The van der Waals surface area contributed by atoms with Gasteiger partial charge < -0.3 is 10.4 Å². The highest BCUT2D eigenvalue weighted by molar-refractivity contribution is 5.68. The summed E-state index contributed by atoms with van der Waals surface area (Å²) in [6, 6.07) is 2.75. The van der Waals surface area contributed by atoms with E-state index in [0.717, 1.165) is 22.8 Å². The second-order valence-electron chi connectivity index (χ2n) is 5.76. The second kappa shape index (κ2) is 7.29. The van der Waals surface area contributed by atoms with Gasteiger partial charge in [0, 0.05) is 12.1 Å². The quantitative estimate of drug-likeness (QED) is 0.737. The van der Waals surface area contributed by atoms with E-state index in [1.807, 2.05) is 0 Å². The number of carboxylic acid groups (broad SMARTS) is 1. The molecule has 9 heteroatoms. The van der Waals surface area contributed by atoms with Crippen molar-refractivity contribution in [3.63, 3.8) is 0 Å². The maximum absolute atomic E-state index is 13.4. The fourth-order valence-electron chi connectivity index (χ4n) is 2.42. The summed E-state index contributed by atoms with van der Waals surface area (Å²) in [5, 5.41) is 11.7. The molecule has 25 heavy (non-hydrogen) atoms. The highest BCUT2D eigenvalue weighted by atomic mass is 19.2. The van der Waals surface area contributed by atoms with Crippen LogP contribution >= 0.6 is 0 Å². The molecule has 3 N–H and O–H groups in total.